The van der Waals surface area contributed by atoms with Gasteiger partial charge in [0, 0.05) is 18.4 Å². The summed E-state index contributed by atoms with van der Waals surface area (Å²) in [6, 6.07) is 6.38. The van der Waals surface area contributed by atoms with Gasteiger partial charge in [0.25, 0.3) is 0 Å². The Labute approximate surface area is 89.6 Å². The molecule has 3 heteroatoms. The molecule has 0 spiro atoms. The minimum Gasteiger partial charge on any atom is -0.325 e. The lowest BCUT2D eigenvalue weighted by atomic mass is 10.1. The molecule has 0 aliphatic heterocycles. The van der Waals surface area contributed by atoms with E-state index in [0.29, 0.717) is 6.54 Å². The van der Waals surface area contributed by atoms with E-state index in [0.717, 1.165) is 5.69 Å². The Morgan fingerprint density at radius 3 is 2.80 bits per heavy atom. The topological polar surface area (TPSA) is 43.8 Å². The molecule has 0 saturated carbocycles. The molecule has 0 aliphatic rings. The molecular formula is C12H15N3. The molecule has 2 rings (SSSR count). The average molecular weight is 201 g/mol. The van der Waals surface area contributed by atoms with Gasteiger partial charge >= 0.3 is 0 Å². The predicted molar refractivity (Wildman–Crippen MR) is 60.9 cm³/mol. The van der Waals surface area contributed by atoms with Gasteiger partial charge in [-0.25, -0.2) is 4.98 Å². The van der Waals surface area contributed by atoms with Crippen LogP contribution >= 0.6 is 0 Å². The van der Waals surface area contributed by atoms with E-state index in [9.17, 15) is 0 Å². The molecule has 3 nitrogen and oxygen atoms in total. The van der Waals surface area contributed by atoms with Crippen molar-refractivity contribution in [2.75, 3.05) is 0 Å². The van der Waals surface area contributed by atoms with Crippen molar-refractivity contribution in [3.05, 3.63) is 47.5 Å². The van der Waals surface area contributed by atoms with Crippen LogP contribution in [-0.4, -0.2) is 9.55 Å². The lowest BCUT2D eigenvalue weighted by molar-refractivity contribution is 1.01. The second kappa shape index (κ2) is 3.87. The van der Waals surface area contributed by atoms with Crippen LogP contribution in [0.25, 0.3) is 5.69 Å². The molecule has 15 heavy (non-hydrogen) atoms. The van der Waals surface area contributed by atoms with Crippen molar-refractivity contribution in [1.29, 1.82) is 0 Å². The number of aromatic nitrogens is 2. The molecule has 1 aromatic carbocycles. The maximum atomic E-state index is 5.53. The zero-order valence-corrected chi connectivity index (χ0v) is 9.07. The highest BCUT2D eigenvalue weighted by atomic mass is 15.0. The van der Waals surface area contributed by atoms with Gasteiger partial charge < -0.3 is 10.3 Å². The van der Waals surface area contributed by atoms with E-state index in [4.69, 9.17) is 5.73 Å². The number of hydrogen-bond donors (Lipinski definition) is 1. The number of nitrogens with two attached hydrogens (primary N) is 1. The van der Waals surface area contributed by atoms with Crippen LogP contribution in [0, 0.1) is 13.8 Å². The molecule has 0 amide bonds. The fourth-order valence-electron chi connectivity index (χ4n) is 1.60. The van der Waals surface area contributed by atoms with Crippen LogP contribution < -0.4 is 5.73 Å². The molecule has 0 saturated heterocycles. The van der Waals surface area contributed by atoms with Crippen molar-refractivity contribution in [2.45, 2.75) is 20.4 Å². The summed E-state index contributed by atoms with van der Waals surface area (Å²) in [5, 5.41) is 0. The summed E-state index contributed by atoms with van der Waals surface area (Å²) in [4.78, 5) is 4.22. The van der Waals surface area contributed by atoms with E-state index < -0.39 is 0 Å². The first-order chi connectivity index (χ1) is 7.20. The fraction of sp³-hybridized carbons (Fsp3) is 0.250. The van der Waals surface area contributed by atoms with Gasteiger partial charge in [0.2, 0.25) is 0 Å². The van der Waals surface area contributed by atoms with Crippen molar-refractivity contribution in [1.82, 2.24) is 9.55 Å². The van der Waals surface area contributed by atoms with Gasteiger partial charge in [-0.1, -0.05) is 12.1 Å². The molecule has 1 heterocycles. The highest BCUT2D eigenvalue weighted by Gasteiger charge is 2.02. The van der Waals surface area contributed by atoms with Gasteiger partial charge in [-0.15, -0.1) is 0 Å². The van der Waals surface area contributed by atoms with Crippen LogP contribution in [0.4, 0.5) is 0 Å². The maximum Gasteiger partial charge on any atom is 0.0995 e. The number of rotatable bonds is 2. The summed E-state index contributed by atoms with van der Waals surface area (Å²) in [5.41, 5.74) is 10.1. The number of imidazole rings is 1. The van der Waals surface area contributed by atoms with Gasteiger partial charge in [-0.3, -0.25) is 0 Å². The van der Waals surface area contributed by atoms with Crippen molar-refractivity contribution in [3.8, 4) is 5.69 Å². The van der Waals surface area contributed by atoms with Crippen LogP contribution in [0.5, 0.6) is 0 Å². The first-order valence-electron chi connectivity index (χ1n) is 5.01. The fourth-order valence-corrected chi connectivity index (χ4v) is 1.60. The van der Waals surface area contributed by atoms with E-state index in [1.807, 2.05) is 17.1 Å². The molecule has 1 aromatic heterocycles. The van der Waals surface area contributed by atoms with Crippen LogP contribution in [0.3, 0.4) is 0 Å². The normalized spacial score (nSPS) is 10.6. The summed E-state index contributed by atoms with van der Waals surface area (Å²) in [6.07, 6.45) is 3.78. The molecule has 0 radical (unpaired) electrons. The zero-order chi connectivity index (χ0) is 10.8. The standard InChI is InChI=1S/C12H15N3/c1-9-3-4-10(2)12(5-9)15-7-11(6-13)14-8-15/h3-5,7-8H,6,13H2,1-2H3. The quantitative estimate of drug-likeness (QED) is 0.807. The summed E-state index contributed by atoms with van der Waals surface area (Å²) < 4.78 is 2.02. The maximum absolute atomic E-state index is 5.53. The molecule has 2 aromatic rings. The van der Waals surface area contributed by atoms with Gasteiger partial charge in [0.1, 0.15) is 0 Å². The van der Waals surface area contributed by atoms with Crippen molar-refractivity contribution in [3.63, 3.8) is 0 Å². The summed E-state index contributed by atoms with van der Waals surface area (Å²) in [7, 11) is 0. The van der Waals surface area contributed by atoms with Crippen LogP contribution in [0.2, 0.25) is 0 Å². The largest absolute Gasteiger partial charge is 0.325 e. The van der Waals surface area contributed by atoms with E-state index in [-0.39, 0.29) is 0 Å². The summed E-state index contributed by atoms with van der Waals surface area (Å²) in [6.45, 7) is 4.67. The summed E-state index contributed by atoms with van der Waals surface area (Å²) >= 11 is 0. The molecule has 0 unspecified atom stereocenters. The number of hydrogen-bond acceptors (Lipinski definition) is 2. The van der Waals surface area contributed by atoms with E-state index in [1.165, 1.54) is 16.8 Å². The predicted octanol–water partition coefficient (Wildman–Crippen LogP) is 1.95. The van der Waals surface area contributed by atoms with E-state index >= 15 is 0 Å². The Hall–Kier alpha value is -1.61. The van der Waals surface area contributed by atoms with Crippen LogP contribution in [-0.2, 0) is 6.54 Å². The number of aryl methyl sites for hydroxylation is 2. The Morgan fingerprint density at radius 1 is 1.33 bits per heavy atom. The third-order valence-electron chi connectivity index (χ3n) is 2.49. The lowest BCUT2D eigenvalue weighted by Crippen LogP contribution is -1.97. The van der Waals surface area contributed by atoms with E-state index in [1.54, 1.807) is 0 Å². The molecule has 0 atom stereocenters. The second-order valence-corrected chi connectivity index (χ2v) is 3.77. The number of nitrogens with zero attached hydrogens (tertiary/aromatic N) is 2. The molecule has 2 N–H and O–H groups in total. The average Bonchev–Trinajstić information content (AvgIpc) is 2.70. The van der Waals surface area contributed by atoms with Crippen molar-refractivity contribution >= 4 is 0 Å². The third-order valence-corrected chi connectivity index (χ3v) is 2.49. The van der Waals surface area contributed by atoms with Gasteiger partial charge in [0.05, 0.1) is 12.0 Å². The Bertz CT molecular complexity index is 471. The molecule has 78 valence electrons. The monoisotopic (exact) mass is 201 g/mol. The van der Waals surface area contributed by atoms with E-state index in [2.05, 4.69) is 37.0 Å². The minimum absolute atomic E-state index is 0.484. The number of benzene rings is 1. The van der Waals surface area contributed by atoms with Crippen LogP contribution in [0.1, 0.15) is 16.8 Å². The first-order valence-corrected chi connectivity index (χ1v) is 5.01. The van der Waals surface area contributed by atoms with Gasteiger partial charge in [-0.2, -0.15) is 0 Å². The lowest BCUT2D eigenvalue weighted by Gasteiger charge is -2.07. The van der Waals surface area contributed by atoms with Crippen molar-refractivity contribution < 1.29 is 0 Å². The smallest absolute Gasteiger partial charge is 0.0995 e. The van der Waals surface area contributed by atoms with Crippen molar-refractivity contribution in [2.24, 2.45) is 5.73 Å². The van der Waals surface area contributed by atoms with Gasteiger partial charge in [0.15, 0.2) is 0 Å². The first kappa shape index (κ1) is 9.93. The third kappa shape index (κ3) is 1.92. The second-order valence-electron chi connectivity index (χ2n) is 3.77. The van der Waals surface area contributed by atoms with Crippen LogP contribution in [0.15, 0.2) is 30.7 Å². The Morgan fingerprint density at radius 2 is 2.13 bits per heavy atom. The molecule has 0 bridgehead atoms. The minimum atomic E-state index is 0.484. The highest BCUT2D eigenvalue weighted by molar-refractivity contribution is 5.43. The zero-order valence-electron chi connectivity index (χ0n) is 9.07. The van der Waals surface area contributed by atoms with Gasteiger partial charge in [-0.05, 0) is 31.0 Å². The Balaban J connectivity index is 2.48. The SMILES string of the molecule is Cc1ccc(C)c(-n2cnc(CN)c2)c1. The molecule has 0 aliphatic carbocycles. The molecule has 0 fully saturated rings. The Kier molecular flexibility index (Phi) is 2.56. The molecular weight excluding hydrogens is 186 g/mol. The summed E-state index contributed by atoms with van der Waals surface area (Å²) in [5.74, 6) is 0. The highest BCUT2D eigenvalue weighted by Crippen LogP contribution is 2.15.